The van der Waals surface area contributed by atoms with Gasteiger partial charge < -0.3 is 14.5 Å². The van der Waals surface area contributed by atoms with Gasteiger partial charge in [0, 0.05) is 53.9 Å². The van der Waals surface area contributed by atoms with E-state index < -0.39 is 15.6 Å². The topological polar surface area (TPSA) is 91.8 Å². The molecular formula is C22H28N4O4S3. The number of anilines is 1. The first-order chi connectivity index (χ1) is 15.6. The molecule has 0 radical (unpaired) electrons. The zero-order valence-electron chi connectivity index (χ0n) is 18.9. The molecule has 0 bridgehead atoms. The van der Waals surface area contributed by atoms with Crippen molar-refractivity contribution in [1.82, 2.24) is 14.6 Å². The summed E-state index contributed by atoms with van der Waals surface area (Å²) in [5.41, 5.74) is -0.530. The lowest BCUT2D eigenvalue weighted by Crippen LogP contribution is -2.50. The second-order valence-electron chi connectivity index (χ2n) is 8.79. The smallest absolute Gasteiger partial charge is 0.410 e. The van der Waals surface area contributed by atoms with Crippen molar-refractivity contribution < 1.29 is 17.9 Å². The van der Waals surface area contributed by atoms with Gasteiger partial charge in [-0.3, -0.25) is 0 Å². The first-order valence-electron chi connectivity index (χ1n) is 10.8. The van der Waals surface area contributed by atoms with Gasteiger partial charge in [0.1, 0.15) is 15.6 Å². The van der Waals surface area contributed by atoms with E-state index in [1.165, 1.54) is 11.3 Å². The number of rotatable bonds is 6. The fourth-order valence-corrected chi connectivity index (χ4v) is 6.73. The number of hydrogen-bond donors (Lipinski definition) is 1. The molecule has 8 nitrogen and oxygen atoms in total. The second kappa shape index (κ2) is 9.57. The van der Waals surface area contributed by atoms with Gasteiger partial charge in [0.2, 0.25) is 10.0 Å². The van der Waals surface area contributed by atoms with Gasteiger partial charge in [0.25, 0.3) is 0 Å². The number of fused-ring (bicyclic) bond motifs is 1. The molecule has 0 aromatic carbocycles. The van der Waals surface area contributed by atoms with Crippen molar-refractivity contribution in [2.24, 2.45) is 0 Å². The second-order valence-corrected chi connectivity index (χ2v) is 12.9. The number of amides is 1. The van der Waals surface area contributed by atoms with Gasteiger partial charge in [-0.2, -0.15) is 0 Å². The molecule has 1 N–H and O–H groups in total. The van der Waals surface area contributed by atoms with Crippen LogP contribution in [0.3, 0.4) is 0 Å². The first-order valence-corrected chi connectivity index (χ1v) is 13.9. The molecule has 3 aromatic heterocycles. The molecule has 1 fully saturated rings. The Kier molecular flexibility index (Phi) is 6.94. The molecule has 0 spiro atoms. The Labute approximate surface area is 202 Å². The SMILES string of the molecule is CC(C)(C)OC(=O)N1CCN(c2nccc3sc(S(=O)(=O)NCCc4cccs4)cc23)CC1. The number of carbonyl (C=O) groups is 1. The number of aromatic nitrogens is 1. The number of piperazine rings is 1. The minimum atomic E-state index is -3.60. The van der Waals surface area contributed by atoms with Crippen LogP contribution < -0.4 is 9.62 Å². The summed E-state index contributed by atoms with van der Waals surface area (Å²) in [4.78, 5) is 21.8. The van der Waals surface area contributed by atoms with Crippen molar-refractivity contribution in [1.29, 1.82) is 0 Å². The molecule has 4 heterocycles. The average Bonchev–Trinajstić information content (AvgIpc) is 3.42. The van der Waals surface area contributed by atoms with Gasteiger partial charge in [0.05, 0.1) is 0 Å². The molecule has 178 valence electrons. The van der Waals surface area contributed by atoms with E-state index in [9.17, 15) is 13.2 Å². The van der Waals surface area contributed by atoms with Gasteiger partial charge in [-0.15, -0.1) is 22.7 Å². The van der Waals surface area contributed by atoms with Gasteiger partial charge in [-0.25, -0.2) is 22.9 Å². The molecule has 0 unspecified atom stereocenters. The van der Waals surface area contributed by atoms with Crippen LogP contribution in [0.25, 0.3) is 10.1 Å². The minimum absolute atomic E-state index is 0.283. The molecular weight excluding hydrogens is 480 g/mol. The predicted octanol–water partition coefficient (Wildman–Crippen LogP) is 3.94. The predicted molar refractivity (Wildman–Crippen MR) is 133 cm³/mol. The highest BCUT2D eigenvalue weighted by atomic mass is 32.2. The highest BCUT2D eigenvalue weighted by molar-refractivity contribution is 7.91. The molecule has 3 aromatic rings. The number of nitrogens with one attached hydrogen (secondary N) is 1. The van der Waals surface area contributed by atoms with Gasteiger partial charge >= 0.3 is 6.09 Å². The number of hydrogen-bond acceptors (Lipinski definition) is 8. The van der Waals surface area contributed by atoms with Crippen molar-refractivity contribution in [3.63, 3.8) is 0 Å². The van der Waals surface area contributed by atoms with Crippen molar-refractivity contribution in [2.75, 3.05) is 37.6 Å². The number of ether oxygens (including phenoxy) is 1. The van der Waals surface area contributed by atoms with Crippen molar-refractivity contribution in [3.8, 4) is 0 Å². The fourth-order valence-electron chi connectivity index (χ4n) is 3.57. The van der Waals surface area contributed by atoms with E-state index in [1.54, 1.807) is 28.5 Å². The van der Waals surface area contributed by atoms with E-state index in [4.69, 9.17) is 4.74 Å². The van der Waals surface area contributed by atoms with Crippen LogP contribution in [0.1, 0.15) is 25.6 Å². The quantitative estimate of drug-likeness (QED) is 0.542. The standard InChI is InChI=1S/C22H28N4O4S3/c1-22(2,3)30-21(27)26-12-10-25(11-13-26)20-17-15-19(32-18(17)7-8-23-20)33(28,29)24-9-6-16-5-4-14-31-16/h4-5,7-8,14-15,24H,6,9-13H2,1-3H3. The number of pyridine rings is 1. The average molecular weight is 509 g/mol. The molecule has 33 heavy (non-hydrogen) atoms. The van der Waals surface area contributed by atoms with Gasteiger partial charge in [0.15, 0.2) is 0 Å². The molecule has 0 atom stereocenters. The van der Waals surface area contributed by atoms with Crippen LogP contribution in [0.4, 0.5) is 10.6 Å². The molecule has 0 aliphatic carbocycles. The Morgan fingerprint density at radius 3 is 2.64 bits per heavy atom. The van der Waals surface area contributed by atoms with Crippen LogP contribution >= 0.6 is 22.7 Å². The van der Waals surface area contributed by atoms with Crippen molar-refractivity contribution in [2.45, 2.75) is 37.0 Å². The summed E-state index contributed by atoms with van der Waals surface area (Å²) >= 11 is 2.86. The maximum absolute atomic E-state index is 12.9. The van der Waals surface area contributed by atoms with E-state index in [0.717, 1.165) is 20.8 Å². The largest absolute Gasteiger partial charge is 0.444 e. The summed E-state index contributed by atoms with van der Waals surface area (Å²) in [6, 6.07) is 7.50. The lowest BCUT2D eigenvalue weighted by Gasteiger charge is -2.36. The Bertz CT molecular complexity index is 1210. The maximum Gasteiger partial charge on any atom is 0.410 e. The summed E-state index contributed by atoms with van der Waals surface area (Å²) in [6.07, 6.45) is 2.05. The van der Waals surface area contributed by atoms with Crippen LogP contribution in [0.2, 0.25) is 0 Å². The molecule has 1 aliphatic rings. The zero-order chi connectivity index (χ0) is 23.6. The Balaban J connectivity index is 1.45. The fraction of sp³-hybridized carbons (Fsp3) is 0.455. The van der Waals surface area contributed by atoms with Gasteiger partial charge in [-0.1, -0.05) is 6.07 Å². The highest BCUT2D eigenvalue weighted by Crippen LogP contribution is 2.34. The lowest BCUT2D eigenvalue weighted by atomic mass is 10.2. The lowest BCUT2D eigenvalue weighted by molar-refractivity contribution is 0.0240. The third-order valence-electron chi connectivity index (χ3n) is 5.14. The van der Waals surface area contributed by atoms with Gasteiger partial charge in [-0.05, 0) is 50.8 Å². The summed E-state index contributed by atoms with van der Waals surface area (Å²) in [7, 11) is -3.60. The molecule has 1 aliphatic heterocycles. The van der Waals surface area contributed by atoms with E-state index in [2.05, 4.69) is 14.6 Å². The number of sulfonamides is 1. The normalized spacial score (nSPS) is 15.2. The van der Waals surface area contributed by atoms with E-state index in [1.807, 2.05) is 44.4 Å². The van der Waals surface area contributed by atoms with Crippen molar-refractivity contribution in [3.05, 3.63) is 40.7 Å². The van der Waals surface area contributed by atoms with E-state index in [0.29, 0.717) is 39.1 Å². The minimum Gasteiger partial charge on any atom is -0.444 e. The van der Waals surface area contributed by atoms with Crippen LogP contribution in [0.15, 0.2) is 40.1 Å². The van der Waals surface area contributed by atoms with Crippen LogP contribution in [0, 0.1) is 0 Å². The third-order valence-corrected chi connectivity index (χ3v) is 9.11. The third kappa shape index (κ3) is 5.84. The molecule has 11 heteroatoms. The summed E-state index contributed by atoms with van der Waals surface area (Å²) in [5.74, 6) is 0.743. The molecule has 1 amide bonds. The molecule has 4 rings (SSSR count). The monoisotopic (exact) mass is 508 g/mol. The summed E-state index contributed by atoms with van der Waals surface area (Å²) < 4.78 is 35.0. The number of carbonyl (C=O) groups excluding carboxylic acids is 1. The van der Waals surface area contributed by atoms with E-state index >= 15 is 0 Å². The van der Waals surface area contributed by atoms with Crippen LogP contribution in [-0.2, 0) is 21.2 Å². The van der Waals surface area contributed by atoms with Crippen LogP contribution in [-0.4, -0.2) is 62.7 Å². The zero-order valence-corrected chi connectivity index (χ0v) is 21.4. The maximum atomic E-state index is 12.9. The van der Waals surface area contributed by atoms with Crippen LogP contribution in [0.5, 0.6) is 0 Å². The first kappa shape index (κ1) is 23.9. The molecule has 0 saturated carbocycles. The number of thiophene rings is 2. The molecule has 1 saturated heterocycles. The Morgan fingerprint density at radius 2 is 1.97 bits per heavy atom. The summed E-state index contributed by atoms with van der Waals surface area (Å²) in [5, 5.41) is 2.80. The van der Waals surface area contributed by atoms with Crippen molar-refractivity contribution >= 4 is 54.7 Å². The Hall–Kier alpha value is -2.21. The van der Waals surface area contributed by atoms with E-state index in [-0.39, 0.29) is 10.3 Å². The number of nitrogens with zero attached hydrogens (tertiary/aromatic N) is 3. The Morgan fingerprint density at radius 1 is 1.21 bits per heavy atom. The summed E-state index contributed by atoms with van der Waals surface area (Å²) in [6.45, 7) is 8.15. The highest BCUT2D eigenvalue weighted by Gasteiger charge is 2.27.